The van der Waals surface area contributed by atoms with Crippen molar-refractivity contribution in [1.29, 1.82) is 0 Å². The van der Waals surface area contributed by atoms with E-state index in [0.29, 0.717) is 15.9 Å². The molecule has 0 saturated heterocycles. The predicted octanol–water partition coefficient (Wildman–Crippen LogP) is 4.36. The average molecular weight is 496 g/mol. The number of nitrogens with one attached hydrogen (secondary N) is 1. The molecule has 3 aliphatic rings. The Morgan fingerprint density at radius 3 is 2.66 bits per heavy atom. The van der Waals surface area contributed by atoms with Gasteiger partial charge in [-0.3, -0.25) is 19.0 Å². The Kier molecular flexibility index (Phi) is 6.09. The van der Waals surface area contributed by atoms with Crippen LogP contribution in [0.25, 0.3) is 10.9 Å². The number of hydrogen-bond acceptors (Lipinski definition) is 4. The van der Waals surface area contributed by atoms with E-state index in [0.717, 1.165) is 31.3 Å². The Morgan fingerprint density at radius 1 is 1.23 bits per heavy atom. The third-order valence-electron chi connectivity index (χ3n) is 7.63. The normalized spacial score (nSPS) is 26.9. The monoisotopic (exact) mass is 495 g/mol. The van der Waals surface area contributed by atoms with Crippen LogP contribution >= 0.6 is 11.6 Å². The van der Waals surface area contributed by atoms with Gasteiger partial charge in [-0.2, -0.15) is 0 Å². The van der Waals surface area contributed by atoms with E-state index in [1.54, 1.807) is 38.3 Å². The number of nitrogens with zero attached hydrogens (tertiary/aromatic N) is 2. The second kappa shape index (κ2) is 8.95. The molecule has 1 N–H and O–H groups in total. The van der Waals surface area contributed by atoms with Gasteiger partial charge in [0.15, 0.2) is 5.54 Å². The molecule has 1 aromatic heterocycles. The zero-order valence-electron chi connectivity index (χ0n) is 20.2. The predicted molar refractivity (Wildman–Crippen MR) is 135 cm³/mol. The molecule has 35 heavy (non-hydrogen) atoms. The first-order chi connectivity index (χ1) is 16.7. The number of methoxy groups -OCH3 is 1. The topological polar surface area (TPSA) is 80.6 Å². The lowest BCUT2D eigenvalue weighted by Crippen LogP contribution is -2.68. The quantitative estimate of drug-likeness (QED) is 0.625. The number of rotatable bonds is 5. The third kappa shape index (κ3) is 3.91. The molecule has 2 amide bonds. The second-order valence-corrected chi connectivity index (χ2v) is 10.4. The lowest BCUT2D eigenvalue weighted by molar-refractivity contribution is -0.129. The van der Waals surface area contributed by atoms with Crippen LogP contribution in [-0.4, -0.2) is 58.5 Å². The average Bonchev–Trinajstić information content (AvgIpc) is 3.48. The molecule has 1 aliphatic heterocycles. The standard InChI is InChI=1S/C27H30ClN3O4/c1-16-12-17(8-11-23(16)35-3)15-30-24(32)22-14-18-13-19(28)9-10-21(18)31(22)26(34)27(30,2)25(33)29-20-6-4-5-7-20/h8-14,16,20,23H,4-7,15H2,1-3H3,(H,29,33). The minimum atomic E-state index is -1.70. The largest absolute Gasteiger partial charge is 0.377 e. The highest BCUT2D eigenvalue weighted by atomic mass is 35.5. The highest BCUT2D eigenvalue weighted by Crippen LogP contribution is 2.35. The molecule has 2 aromatic rings. The minimum absolute atomic E-state index is 0.0157. The molecule has 184 valence electrons. The van der Waals surface area contributed by atoms with Gasteiger partial charge in [-0.25, -0.2) is 0 Å². The van der Waals surface area contributed by atoms with Gasteiger partial charge in [-0.1, -0.05) is 49.6 Å². The molecule has 0 spiro atoms. The lowest BCUT2D eigenvalue weighted by atomic mass is 9.90. The van der Waals surface area contributed by atoms with E-state index in [1.807, 2.05) is 25.2 Å². The first-order valence-corrected chi connectivity index (χ1v) is 12.5. The van der Waals surface area contributed by atoms with E-state index in [4.69, 9.17) is 16.3 Å². The van der Waals surface area contributed by atoms with Crippen LogP contribution in [0.4, 0.5) is 0 Å². The van der Waals surface area contributed by atoms with Crippen molar-refractivity contribution in [2.75, 3.05) is 13.7 Å². The summed E-state index contributed by atoms with van der Waals surface area (Å²) >= 11 is 6.17. The van der Waals surface area contributed by atoms with Crippen molar-refractivity contribution in [1.82, 2.24) is 14.8 Å². The summed E-state index contributed by atoms with van der Waals surface area (Å²) in [6.45, 7) is 3.74. The summed E-state index contributed by atoms with van der Waals surface area (Å²) in [7, 11) is 1.66. The maximum Gasteiger partial charge on any atom is 0.272 e. The van der Waals surface area contributed by atoms with Crippen LogP contribution in [-0.2, 0) is 9.53 Å². The zero-order valence-corrected chi connectivity index (χ0v) is 21.0. The molecular weight excluding hydrogens is 466 g/mol. The van der Waals surface area contributed by atoms with E-state index in [2.05, 4.69) is 5.32 Å². The minimum Gasteiger partial charge on any atom is -0.377 e. The smallest absolute Gasteiger partial charge is 0.272 e. The van der Waals surface area contributed by atoms with Crippen molar-refractivity contribution < 1.29 is 19.1 Å². The molecule has 0 bridgehead atoms. The third-order valence-corrected chi connectivity index (χ3v) is 7.86. The Hall–Kier alpha value is -2.90. The Morgan fingerprint density at radius 2 is 1.97 bits per heavy atom. The molecule has 8 heteroatoms. The summed E-state index contributed by atoms with van der Waals surface area (Å²) in [5.74, 6) is -1.14. The number of halogens is 1. The molecule has 7 nitrogen and oxygen atoms in total. The van der Waals surface area contributed by atoms with Crippen molar-refractivity contribution in [2.45, 2.75) is 57.2 Å². The molecule has 5 rings (SSSR count). The number of fused-ring (bicyclic) bond motifs is 3. The molecule has 2 aliphatic carbocycles. The Bertz CT molecular complexity index is 1270. The summed E-state index contributed by atoms with van der Waals surface area (Å²) in [6.07, 6.45) is 9.68. The molecular formula is C27H30ClN3O4. The second-order valence-electron chi connectivity index (χ2n) is 9.95. The van der Waals surface area contributed by atoms with Gasteiger partial charge in [-0.05, 0) is 49.6 Å². The highest BCUT2D eigenvalue weighted by molar-refractivity contribution is 6.31. The van der Waals surface area contributed by atoms with Crippen LogP contribution in [0.5, 0.6) is 0 Å². The van der Waals surface area contributed by atoms with Crippen LogP contribution in [0.1, 0.15) is 54.8 Å². The lowest BCUT2D eigenvalue weighted by Gasteiger charge is -2.43. The molecule has 2 heterocycles. The van der Waals surface area contributed by atoms with Crippen molar-refractivity contribution in [3.63, 3.8) is 0 Å². The van der Waals surface area contributed by atoms with Crippen molar-refractivity contribution in [2.24, 2.45) is 5.92 Å². The first-order valence-electron chi connectivity index (χ1n) is 12.1. The summed E-state index contributed by atoms with van der Waals surface area (Å²) < 4.78 is 6.86. The summed E-state index contributed by atoms with van der Waals surface area (Å²) in [5.41, 5.74) is -0.0365. The van der Waals surface area contributed by atoms with Gasteiger partial charge in [0.05, 0.1) is 11.6 Å². The SMILES string of the molecule is COC1C=CC(CN2C(=O)c3cc4cc(Cl)ccc4n3C(=O)C2(C)C(=O)NC2CCCC2)=CC1C. The number of hydrogen-bond donors (Lipinski definition) is 1. The van der Waals surface area contributed by atoms with Crippen molar-refractivity contribution >= 4 is 40.2 Å². The van der Waals surface area contributed by atoms with E-state index in [1.165, 1.54) is 9.47 Å². The zero-order chi connectivity index (χ0) is 24.9. The maximum atomic E-state index is 14.1. The molecule has 0 radical (unpaired) electrons. The van der Waals surface area contributed by atoms with Gasteiger partial charge in [-0.15, -0.1) is 0 Å². The van der Waals surface area contributed by atoms with E-state index >= 15 is 0 Å². The summed E-state index contributed by atoms with van der Waals surface area (Å²) in [6, 6.07) is 6.82. The van der Waals surface area contributed by atoms with Crippen LogP contribution in [0.2, 0.25) is 5.02 Å². The van der Waals surface area contributed by atoms with Crippen LogP contribution < -0.4 is 5.32 Å². The number of carbonyl (C=O) groups is 3. The van der Waals surface area contributed by atoms with Gasteiger partial charge in [0, 0.05) is 36.0 Å². The molecule has 1 aromatic carbocycles. The van der Waals surface area contributed by atoms with E-state index in [9.17, 15) is 14.4 Å². The number of carbonyl (C=O) groups excluding carboxylic acids is 3. The summed E-state index contributed by atoms with van der Waals surface area (Å²) in [5, 5.41) is 4.26. The fraction of sp³-hybridized carbons (Fsp3) is 0.444. The fourth-order valence-electron chi connectivity index (χ4n) is 5.55. The van der Waals surface area contributed by atoms with Gasteiger partial charge in [0.1, 0.15) is 5.69 Å². The number of aromatic nitrogens is 1. The molecule has 1 fully saturated rings. The van der Waals surface area contributed by atoms with Crippen LogP contribution in [0.15, 0.2) is 48.1 Å². The molecule has 3 unspecified atom stereocenters. The Balaban J connectivity index is 1.59. The number of amides is 2. The number of ether oxygens (including phenoxy) is 1. The fourth-order valence-corrected chi connectivity index (χ4v) is 5.73. The first kappa shape index (κ1) is 23.8. The van der Waals surface area contributed by atoms with Crippen molar-refractivity contribution in [3.05, 3.63) is 58.8 Å². The van der Waals surface area contributed by atoms with Crippen LogP contribution in [0, 0.1) is 5.92 Å². The van der Waals surface area contributed by atoms with Gasteiger partial charge >= 0.3 is 0 Å². The molecule has 1 saturated carbocycles. The molecule has 3 atom stereocenters. The Labute approximate surface area is 209 Å². The van der Waals surface area contributed by atoms with Gasteiger partial charge in [0.25, 0.3) is 17.7 Å². The number of benzene rings is 1. The maximum absolute atomic E-state index is 14.1. The van der Waals surface area contributed by atoms with Gasteiger partial charge in [0.2, 0.25) is 0 Å². The summed E-state index contributed by atoms with van der Waals surface area (Å²) in [4.78, 5) is 43.2. The van der Waals surface area contributed by atoms with E-state index < -0.39 is 17.4 Å². The van der Waals surface area contributed by atoms with E-state index in [-0.39, 0.29) is 36.2 Å². The highest BCUT2D eigenvalue weighted by Gasteiger charge is 2.55. The van der Waals surface area contributed by atoms with Crippen molar-refractivity contribution in [3.8, 4) is 0 Å². The van der Waals surface area contributed by atoms with Crippen LogP contribution in [0.3, 0.4) is 0 Å². The van der Waals surface area contributed by atoms with Gasteiger partial charge < -0.3 is 15.0 Å².